The van der Waals surface area contributed by atoms with Gasteiger partial charge in [-0.05, 0) is 75.9 Å². The van der Waals surface area contributed by atoms with Crippen LogP contribution in [-0.4, -0.2) is 53.3 Å². The first-order chi connectivity index (χ1) is 14.8. The molecular formula is C26H38N4O. The van der Waals surface area contributed by atoms with Gasteiger partial charge in [-0.1, -0.05) is 12.1 Å². The molecule has 0 atom stereocenters. The summed E-state index contributed by atoms with van der Waals surface area (Å²) in [5, 5.41) is 3.84. The van der Waals surface area contributed by atoms with Crippen molar-refractivity contribution in [1.29, 1.82) is 0 Å². The molecular weight excluding hydrogens is 384 g/mol. The molecule has 0 aliphatic carbocycles. The van der Waals surface area contributed by atoms with Crippen molar-refractivity contribution in [3.8, 4) is 0 Å². The van der Waals surface area contributed by atoms with E-state index in [2.05, 4.69) is 84.2 Å². The minimum atomic E-state index is 0.128. The zero-order valence-electron chi connectivity index (χ0n) is 19.6. The first-order valence-electron chi connectivity index (χ1n) is 11.6. The van der Waals surface area contributed by atoms with Gasteiger partial charge in [-0.2, -0.15) is 0 Å². The summed E-state index contributed by atoms with van der Waals surface area (Å²) in [6.45, 7) is 14.9. The normalized spacial score (nSPS) is 21.4. The summed E-state index contributed by atoms with van der Waals surface area (Å²) in [6.07, 6.45) is 6.10. The van der Waals surface area contributed by atoms with Gasteiger partial charge in [0.05, 0.1) is 13.2 Å². The molecule has 0 amide bonds. The van der Waals surface area contributed by atoms with E-state index in [1.807, 2.05) is 12.4 Å². The SMILES string of the molecule is CC1(C)CC(N(Cc2ccncc2)Cc2ccc(N3CCOCC3)cc2)CC(C)(C)N1. The predicted octanol–water partition coefficient (Wildman–Crippen LogP) is 4.23. The number of hydrogen-bond donors (Lipinski definition) is 1. The van der Waals surface area contributed by atoms with Gasteiger partial charge in [0.25, 0.3) is 0 Å². The number of morpholine rings is 1. The van der Waals surface area contributed by atoms with Crippen molar-refractivity contribution in [3.05, 3.63) is 59.9 Å². The minimum Gasteiger partial charge on any atom is -0.378 e. The molecule has 2 aliphatic heterocycles. The summed E-state index contributed by atoms with van der Waals surface area (Å²) in [7, 11) is 0. The first-order valence-corrected chi connectivity index (χ1v) is 11.6. The van der Waals surface area contributed by atoms with Crippen LogP contribution in [-0.2, 0) is 17.8 Å². The molecule has 1 N–H and O–H groups in total. The highest BCUT2D eigenvalue weighted by Gasteiger charge is 2.39. The number of nitrogens with one attached hydrogen (secondary N) is 1. The number of pyridine rings is 1. The largest absolute Gasteiger partial charge is 0.378 e. The van der Waals surface area contributed by atoms with E-state index in [4.69, 9.17) is 4.74 Å². The van der Waals surface area contributed by atoms with E-state index >= 15 is 0 Å². The van der Waals surface area contributed by atoms with Gasteiger partial charge in [-0.15, -0.1) is 0 Å². The Morgan fingerprint density at radius 3 is 2.03 bits per heavy atom. The highest BCUT2D eigenvalue weighted by atomic mass is 16.5. The Bertz CT molecular complexity index is 812. The molecule has 1 aromatic carbocycles. The average molecular weight is 423 g/mol. The zero-order chi connectivity index (χ0) is 21.9. The second-order valence-corrected chi connectivity index (χ2v) is 10.5. The van der Waals surface area contributed by atoms with Crippen molar-refractivity contribution in [1.82, 2.24) is 15.2 Å². The Balaban J connectivity index is 1.53. The Hall–Kier alpha value is -1.95. The van der Waals surface area contributed by atoms with Crippen molar-refractivity contribution in [2.75, 3.05) is 31.2 Å². The molecule has 2 fully saturated rings. The lowest BCUT2D eigenvalue weighted by atomic mass is 9.79. The molecule has 0 radical (unpaired) electrons. The van der Waals surface area contributed by atoms with Crippen LogP contribution >= 0.6 is 0 Å². The van der Waals surface area contributed by atoms with Crippen LogP contribution in [0, 0.1) is 0 Å². The maximum absolute atomic E-state index is 5.50. The lowest BCUT2D eigenvalue weighted by molar-refractivity contribution is 0.0563. The highest BCUT2D eigenvalue weighted by Crippen LogP contribution is 2.33. The number of piperidine rings is 1. The van der Waals surface area contributed by atoms with E-state index in [0.29, 0.717) is 6.04 Å². The fourth-order valence-electron chi connectivity index (χ4n) is 5.43. The number of nitrogens with zero attached hydrogens (tertiary/aromatic N) is 3. The van der Waals surface area contributed by atoms with Crippen molar-refractivity contribution < 1.29 is 4.74 Å². The van der Waals surface area contributed by atoms with Gasteiger partial charge in [-0.3, -0.25) is 9.88 Å². The second-order valence-electron chi connectivity index (χ2n) is 10.5. The Morgan fingerprint density at radius 2 is 1.45 bits per heavy atom. The van der Waals surface area contributed by atoms with Crippen molar-refractivity contribution in [2.45, 2.75) is 70.7 Å². The topological polar surface area (TPSA) is 40.6 Å². The van der Waals surface area contributed by atoms with E-state index in [9.17, 15) is 0 Å². The molecule has 2 aromatic rings. The van der Waals surface area contributed by atoms with Gasteiger partial charge in [-0.25, -0.2) is 0 Å². The molecule has 31 heavy (non-hydrogen) atoms. The van der Waals surface area contributed by atoms with Crippen molar-refractivity contribution >= 4 is 5.69 Å². The lowest BCUT2D eigenvalue weighted by Crippen LogP contribution is -2.62. The average Bonchev–Trinajstić information content (AvgIpc) is 2.73. The van der Waals surface area contributed by atoms with Crippen LogP contribution in [0.4, 0.5) is 5.69 Å². The summed E-state index contributed by atoms with van der Waals surface area (Å²) in [5.41, 5.74) is 4.26. The molecule has 2 saturated heterocycles. The monoisotopic (exact) mass is 422 g/mol. The van der Waals surface area contributed by atoms with Gasteiger partial charge < -0.3 is 15.0 Å². The number of anilines is 1. The maximum Gasteiger partial charge on any atom is 0.0642 e. The lowest BCUT2D eigenvalue weighted by Gasteiger charge is -2.49. The third kappa shape index (κ3) is 6.06. The van der Waals surface area contributed by atoms with Gasteiger partial charge in [0.2, 0.25) is 0 Å². The molecule has 5 heteroatoms. The van der Waals surface area contributed by atoms with Gasteiger partial charge >= 0.3 is 0 Å². The van der Waals surface area contributed by atoms with E-state index in [1.165, 1.54) is 16.8 Å². The molecule has 3 heterocycles. The van der Waals surface area contributed by atoms with E-state index in [0.717, 1.165) is 52.2 Å². The van der Waals surface area contributed by atoms with E-state index in [-0.39, 0.29) is 11.1 Å². The number of benzene rings is 1. The molecule has 168 valence electrons. The summed E-state index contributed by atoms with van der Waals surface area (Å²) < 4.78 is 5.50. The number of ether oxygens (including phenoxy) is 1. The molecule has 2 aliphatic rings. The third-order valence-electron chi connectivity index (χ3n) is 6.52. The first kappa shape index (κ1) is 22.3. The Labute approximate surface area is 187 Å². The number of rotatable bonds is 6. The quantitative estimate of drug-likeness (QED) is 0.754. The maximum atomic E-state index is 5.50. The Kier molecular flexibility index (Phi) is 6.65. The summed E-state index contributed by atoms with van der Waals surface area (Å²) in [4.78, 5) is 9.29. The molecule has 1 aromatic heterocycles. The van der Waals surface area contributed by atoms with Gasteiger partial charge in [0.15, 0.2) is 0 Å². The molecule has 5 nitrogen and oxygen atoms in total. The van der Waals surface area contributed by atoms with Crippen LogP contribution < -0.4 is 10.2 Å². The Morgan fingerprint density at radius 1 is 0.903 bits per heavy atom. The smallest absolute Gasteiger partial charge is 0.0642 e. The summed E-state index contributed by atoms with van der Waals surface area (Å²) in [5.74, 6) is 0. The molecule has 0 unspecified atom stereocenters. The third-order valence-corrected chi connectivity index (χ3v) is 6.52. The van der Waals surface area contributed by atoms with E-state index in [1.54, 1.807) is 0 Å². The van der Waals surface area contributed by atoms with Crippen LogP contribution in [0.2, 0.25) is 0 Å². The van der Waals surface area contributed by atoms with Crippen LogP contribution in [0.15, 0.2) is 48.8 Å². The molecule has 4 rings (SSSR count). The zero-order valence-corrected chi connectivity index (χ0v) is 19.6. The fourth-order valence-corrected chi connectivity index (χ4v) is 5.43. The summed E-state index contributed by atoms with van der Waals surface area (Å²) in [6, 6.07) is 14.0. The molecule has 0 saturated carbocycles. The standard InChI is InChI=1S/C26H38N4O/c1-25(2)17-24(18-26(3,4)28-25)30(20-22-9-11-27-12-10-22)19-21-5-7-23(8-6-21)29-13-15-31-16-14-29/h5-12,24,28H,13-20H2,1-4H3. The fraction of sp³-hybridized carbons (Fsp3) is 0.577. The molecule has 0 spiro atoms. The second kappa shape index (κ2) is 9.27. The van der Waals surface area contributed by atoms with Gasteiger partial charge in [0.1, 0.15) is 0 Å². The summed E-state index contributed by atoms with van der Waals surface area (Å²) >= 11 is 0. The van der Waals surface area contributed by atoms with Crippen LogP contribution in [0.5, 0.6) is 0 Å². The van der Waals surface area contributed by atoms with Crippen molar-refractivity contribution in [2.24, 2.45) is 0 Å². The predicted molar refractivity (Wildman–Crippen MR) is 127 cm³/mol. The van der Waals surface area contributed by atoms with Crippen molar-refractivity contribution in [3.63, 3.8) is 0 Å². The number of hydrogen-bond acceptors (Lipinski definition) is 5. The van der Waals surface area contributed by atoms with Gasteiger partial charge in [0, 0.05) is 61.4 Å². The minimum absolute atomic E-state index is 0.128. The van der Waals surface area contributed by atoms with Crippen LogP contribution in [0.3, 0.4) is 0 Å². The van der Waals surface area contributed by atoms with Crippen LogP contribution in [0.25, 0.3) is 0 Å². The highest BCUT2D eigenvalue weighted by molar-refractivity contribution is 5.48. The number of aromatic nitrogens is 1. The molecule has 0 bridgehead atoms. The van der Waals surface area contributed by atoms with Crippen LogP contribution in [0.1, 0.15) is 51.7 Å². The van der Waals surface area contributed by atoms with E-state index < -0.39 is 0 Å².